The number of phenolic OH excluding ortho intramolecular Hbond substituents is 1. The van der Waals surface area contributed by atoms with E-state index in [0.29, 0.717) is 5.75 Å². The Morgan fingerprint density at radius 3 is 2.10 bits per heavy atom. The second kappa shape index (κ2) is 6.36. The summed E-state index contributed by atoms with van der Waals surface area (Å²) in [6.45, 7) is 0. The molecule has 2 rings (SSSR count). The van der Waals surface area contributed by atoms with Crippen LogP contribution in [0.15, 0.2) is 48.5 Å². The standard InChI is InChI=1S/C17H22GeO2/c1-18(2,15-6-10-17(20-3)11-7-15)13-12-14-4-8-16(19)9-5-14/h4-11,19H,12-13H2,1-3H3. The number of rotatable bonds is 5. The van der Waals surface area contributed by atoms with Crippen LogP contribution in [-0.2, 0) is 6.42 Å². The number of phenols is 1. The molecule has 3 heteroatoms. The molecule has 2 aromatic rings. The van der Waals surface area contributed by atoms with Crippen LogP contribution in [-0.4, -0.2) is 25.5 Å². The van der Waals surface area contributed by atoms with Gasteiger partial charge in [0.15, 0.2) is 0 Å². The summed E-state index contributed by atoms with van der Waals surface area (Å²) in [5, 5.41) is 10.6. The van der Waals surface area contributed by atoms with Crippen molar-refractivity contribution in [1.29, 1.82) is 0 Å². The van der Waals surface area contributed by atoms with Gasteiger partial charge in [0.2, 0.25) is 0 Å². The minimum atomic E-state index is -1.97. The van der Waals surface area contributed by atoms with Gasteiger partial charge in [-0.1, -0.05) is 0 Å². The number of hydrogen-bond donors (Lipinski definition) is 1. The maximum absolute atomic E-state index is 9.31. The van der Waals surface area contributed by atoms with Gasteiger partial charge in [0, 0.05) is 0 Å². The molecule has 0 aliphatic heterocycles. The molecule has 0 radical (unpaired) electrons. The summed E-state index contributed by atoms with van der Waals surface area (Å²) in [4.78, 5) is 0. The Balaban J connectivity index is 2.04. The normalized spacial score (nSPS) is 11.3. The predicted molar refractivity (Wildman–Crippen MR) is 86.7 cm³/mol. The van der Waals surface area contributed by atoms with Crippen molar-refractivity contribution < 1.29 is 9.84 Å². The average Bonchev–Trinajstić information content (AvgIpc) is 2.47. The summed E-state index contributed by atoms with van der Waals surface area (Å²) < 4.78 is 6.72. The van der Waals surface area contributed by atoms with Crippen LogP contribution in [0.3, 0.4) is 0 Å². The Hall–Kier alpha value is -1.42. The van der Waals surface area contributed by atoms with Gasteiger partial charge in [-0.2, -0.15) is 0 Å². The van der Waals surface area contributed by atoms with Gasteiger partial charge in [0.1, 0.15) is 0 Å². The third kappa shape index (κ3) is 3.79. The van der Waals surface area contributed by atoms with Gasteiger partial charge in [0.25, 0.3) is 0 Å². The zero-order valence-corrected chi connectivity index (χ0v) is 14.5. The molecule has 2 aromatic carbocycles. The molecule has 20 heavy (non-hydrogen) atoms. The van der Waals surface area contributed by atoms with E-state index in [0.717, 1.165) is 12.2 Å². The van der Waals surface area contributed by atoms with E-state index < -0.39 is 13.3 Å². The third-order valence-electron chi connectivity index (χ3n) is 3.85. The summed E-state index contributed by atoms with van der Waals surface area (Å²) >= 11 is -1.97. The molecule has 106 valence electrons. The van der Waals surface area contributed by atoms with Crippen molar-refractivity contribution in [1.82, 2.24) is 0 Å². The van der Waals surface area contributed by atoms with E-state index in [9.17, 15) is 5.11 Å². The number of benzene rings is 2. The van der Waals surface area contributed by atoms with Crippen molar-refractivity contribution in [2.45, 2.75) is 23.2 Å². The number of methoxy groups -OCH3 is 1. The van der Waals surface area contributed by atoms with Crippen molar-refractivity contribution in [3.63, 3.8) is 0 Å². The predicted octanol–water partition coefficient (Wildman–Crippen LogP) is 3.56. The molecule has 0 aromatic heterocycles. The van der Waals surface area contributed by atoms with E-state index in [-0.39, 0.29) is 0 Å². The van der Waals surface area contributed by atoms with Gasteiger partial charge in [-0.05, 0) is 0 Å². The summed E-state index contributed by atoms with van der Waals surface area (Å²) in [5.41, 5.74) is 1.30. The fourth-order valence-electron chi connectivity index (χ4n) is 2.31. The van der Waals surface area contributed by atoms with Gasteiger partial charge >= 0.3 is 123 Å². The van der Waals surface area contributed by atoms with E-state index in [1.165, 1.54) is 15.2 Å². The van der Waals surface area contributed by atoms with Crippen LogP contribution in [0.2, 0.25) is 16.8 Å². The summed E-state index contributed by atoms with van der Waals surface area (Å²) in [5.74, 6) is 6.15. The zero-order chi connectivity index (χ0) is 14.6. The van der Waals surface area contributed by atoms with E-state index in [1.54, 1.807) is 19.2 Å². The van der Waals surface area contributed by atoms with Crippen molar-refractivity contribution in [3.8, 4) is 11.5 Å². The molecule has 0 atom stereocenters. The first kappa shape index (κ1) is 15.0. The van der Waals surface area contributed by atoms with Crippen molar-refractivity contribution in [2.24, 2.45) is 0 Å². The van der Waals surface area contributed by atoms with Gasteiger partial charge in [-0.3, -0.25) is 0 Å². The van der Waals surface area contributed by atoms with Crippen LogP contribution >= 0.6 is 0 Å². The third-order valence-corrected chi connectivity index (χ3v) is 11.0. The van der Waals surface area contributed by atoms with Crippen LogP contribution in [0.5, 0.6) is 11.5 Å². The molecule has 0 spiro atoms. The number of ether oxygens (including phenoxy) is 1. The van der Waals surface area contributed by atoms with Crippen molar-refractivity contribution in [2.75, 3.05) is 7.11 Å². The van der Waals surface area contributed by atoms with E-state index >= 15 is 0 Å². The first-order chi connectivity index (χ1) is 9.51. The zero-order valence-electron chi connectivity index (χ0n) is 12.4. The SMILES string of the molecule is COc1cc[c]([Ge]([CH3])([CH3])[CH2]Cc2ccc(O)cc2)cc1. The second-order valence-electron chi connectivity index (χ2n) is 5.78. The van der Waals surface area contributed by atoms with Crippen LogP contribution < -0.4 is 9.13 Å². The second-order valence-corrected chi connectivity index (χ2v) is 15.9. The summed E-state index contributed by atoms with van der Waals surface area (Å²) in [6, 6.07) is 16.1. The topological polar surface area (TPSA) is 29.5 Å². The first-order valence-electron chi connectivity index (χ1n) is 6.94. The van der Waals surface area contributed by atoms with Gasteiger partial charge in [-0.25, -0.2) is 0 Å². The molecule has 1 N–H and O–H groups in total. The number of aromatic hydroxyl groups is 1. The summed E-state index contributed by atoms with van der Waals surface area (Å²) in [6.07, 6.45) is 1.08. The van der Waals surface area contributed by atoms with E-state index in [1.807, 2.05) is 12.1 Å². The average molecular weight is 331 g/mol. The molecule has 0 aliphatic rings. The molecular weight excluding hydrogens is 309 g/mol. The molecule has 0 saturated heterocycles. The Labute approximate surface area is 123 Å². The molecule has 0 fully saturated rings. The fourth-order valence-corrected chi connectivity index (χ4v) is 7.07. The van der Waals surface area contributed by atoms with Gasteiger partial charge in [0.05, 0.1) is 0 Å². The molecule has 2 nitrogen and oxygen atoms in total. The van der Waals surface area contributed by atoms with Crippen LogP contribution in [0, 0.1) is 0 Å². The van der Waals surface area contributed by atoms with Crippen LogP contribution in [0.25, 0.3) is 0 Å². The molecule has 0 unspecified atom stereocenters. The Bertz CT molecular complexity index is 544. The van der Waals surface area contributed by atoms with E-state index in [4.69, 9.17) is 4.74 Å². The van der Waals surface area contributed by atoms with E-state index in [2.05, 4.69) is 35.8 Å². The van der Waals surface area contributed by atoms with Crippen LogP contribution in [0.4, 0.5) is 0 Å². The Morgan fingerprint density at radius 1 is 0.950 bits per heavy atom. The number of hydrogen-bond acceptors (Lipinski definition) is 2. The monoisotopic (exact) mass is 332 g/mol. The van der Waals surface area contributed by atoms with Crippen LogP contribution in [0.1, 0.15) is 5.56 Å². The molecule has 0 heterocycles. The van der Waals surface area contributed by atoms with Crippen molar-refractivity contribution in [3.05, 3.63) is 54.1 Å². The number of aryl methyl sites for hydroxylation is 1. The quantitative estimate of drug-likeness (QED) is 0.849. The Kier molecular flexibility index (Phi) is 4.76. The van der Waals surface area contributed by atoms with Gasteiger partial charge in [-0.15, -0.1) is 0 Å². The molecular formula is C17H22GeO2. The van der Waals surface area contributed by atoms with Crippen molar-refractivity contribution >= 4 is 17.7 Å². The molecule has 0 saturated carbocycles. The first-order valence-corrected chi connectivity index (χ1v) is 13.7. The summed E-state index contributed by atoms with van der Waals surface area (Å²) in [7, 11) is 1.70. The Morgan fingerprint density at radius 2 is 1.55 bits per heavy atom. The fraction of sp³-hybridized carbons (Fsp3) is 0.294. The molecule has 0 aliphatic carbocycles. The molecule has 0 bridgehead atoms. The van der Waals surface area contributed by atoms with Gasteiger partial charge < -0.3 is 0 Å². The maximum atomic E-state index is 9.31. The molecule has 0 amide bonds. The minimum absolute atomic E-state index is 0.338.